The quantitative estimate of drug-likeness (QED) is 0.923. The molecule has 0 aliphatic heterocycles. The van der Waals surface area contributed by atoms with Crippen LogP contribution in [0.5, 0.6) is 0 Å². The average molecular weight is 287 g/mol. The summed E-state index contributed by atoms with van der Waals surface area (Å²) in [6.45, 7) is 3.67. The number of aromatic carboxylic acids is 1. The molecule has 0 bridgehead atoms. The summed E-state index contributed by atoms with van der Waals surface area (Å²) in [7, 11) is 1.87. The maximum atomic E-state index is 13.9. The molecule has 0 fully saturated rings. The molecule has 0 aliphatic carbocycles. The van der Waals surface area contributed by atoms with Gasteiger partial charge in [0.15, 0.2) is 0 Å². The molecular formula is C17H18FNO2. The number of carboxylic acids is 1. The fraction of sp³-hybridized carbons (Fsp3) is 0.235. The molecule has 0 saturated heterocycles. The fourth-order valence-electron chi connectivity index (χ4n) is 2.35. The highest BCUT2D eigenvalue weighted by Gasteiger charge is 2.17. The largest absolute Gasteiger partial charge is 0.478 e. The Kier molecular flexibility index (Phi) is 4.26. The smallest absolute Gasteiger partial charge is 0.335 e. The summed E-state index contributed by atoms with van der Waals surface area (Å²) in [6, 6.07) is 11.7. The molecule has 2 rings (SSSR count). The van der Waals surface area contributed by atoms with E-state index in [1.165, 1.54) is 6.07 Å². The van der Waals surface area contributed by atoms with Crippen LogP contribution in [0.15, 0.2) is 42.5 Å². The minimum absolute atomic E-state index is 0.152. The van der Waals surface area contributed by atoms with Crippen LogP contribution in [0.1, 0.15) is 34.5 Å². The van der Waals surface area contributed by atoms with Crippen LogP contribution in [0, 0.1) is 12.7 Å². The highest BCUT2D eigenvalue weighted by atomic mass is 19.1. The van der Waals surface area contributed by atoms with Gasteiger partial charge in [-0.2, -0.15) is 0 Å². The van der Waals surface area contributed by atoms with Crippen molar-refractivity contribution in [2.75, 3.05) is 11.9 Å². The molecule has 2 aromatic carbocycles. The Bertz CT molecular complexity index is 670. The van der Waals surface area contributed by atoms with Crippen molar-refractivity contribution in [3.63, 3.8) is 0 Å². The van der Waals surface area contributed by atoms with Crippen LogP contribution in [0.3, 0.4) is 0 Å². The Morgan fingerprint density at radius 2 is 1.90 bits per heavy atom. The molecule has 0 saturated carbocycles. The Labute approximate surface area is 123 Å². The molecule has 4 heteroatoms. The summed E-state index contributed by atoms with van der Waals surface area (Å²) in [4.78, 5) is 13.0. The molecule has 0 spiro atoms. The normalized spacial score (nSPS) is 12.0. The monoisotopic (exact) mass is 287 g/mol. The number of benzene rings is 2. The predicted octanol–water partition coefficient (Wildman–Crippen LogP) is 4.03. The van der Waals surface area contributed by atoms with Gasteiger partial charge in [-0.1, -0.05) is 18.2 Å². The van der Waals surface area contributed by atoms with Gasteiger partial charge in [-0.15, -0.1) is 0 Å². The first-order valence-corrected chi connectivity index (χ1v) is 6.73. The number of hydrogen-bond acceptors (Lipinski definition) is 2. The molecule has 1 atom stereocenters. The van der Waals surface area contributed by atoms with Crippen molar-refractivity contribution in [1.82, 2.24) is 0 Å². The predicted molar refractivity (Wildman–Crippen MR) is 81.4 cm³/mol. The zero-order valence-corrected chi connectivity index (χ0v) is 12.3. The van der Waals surface area contributed by atoms with E-state index in [2.05, 4.69) is 0 Å². The Morgan fingerprint density at radius 3 is 2.48 bits per heavy atom. The van der Waals surface area contributed by atoms with E-state index < -0.39 is 5.97 Å². The molecule has 3 nitrogen and oxygen atoms in total. The lowest BCUT2D eigenvalue weighted by molar-refractivity contribution is 0.0696. The van der Waals surface area contributed by atoms with E-state index in [4.69, 9.17) is 5.11 Å². The number of anilines is 1. The van der Waals surface area contributed by atoms with E-state index in [9.17, 15) is 9.18 Å². The minimum atomic E-state index is -0.941. The summed E-state index contributed by atoms with van der Waals surface area (Å²) in [5.74, 6) is -1.18. The van der Waals surface area contributed by atoms with Crippen LogP contribution in [-0.4, -0.2) is 18.1 Å². The van der Waals surface area contributed by atoms with E-state index in [0.29, 0.717) is 11.1 Å². The van der Waals surface area contributed by atoms with Gasteiger partial charge in [-0.3, -0.25) is 0 Å². The van der Waals surface area contributed by atoms with Crippen molar-refractivity contribution < 1.29 is 14.3 Å². The second kappa shape index (κ2) is 5.95. The number of aryl methyl sites for hydroxylation is 1. The van der Waals surface area contributed by atoms with Crippen LogP contribution < -0.4 is 4.90 Å². The van der Waals surface area contributed by atoms with E-state index >= 15 is 0 Å². The third-order valence-corrected chi connectivity index (χ3v) is 3.78. The van der Waals surface area contributed by atoms with Crippen LogP contribution in [0.4, 0.5) is 10.1 Å². The lowest BCUT2D eigenvalue weighted by atomic mass is 10.0. The van der Waals surface area contributed by atoms with Gasteiger partial charge in [0.1, 0.15) is 5.82 Å². The van der Waals surface area contributed by atoms with Gasteiger partial charge in [0.05, 0.1) is 11.6 Å². The summed E-state index contributed by atoms with van der Waals surface area (Å²) in [5.41, 5.74) is 2.44. The van der Waals surface area contributed by atoms with Crippen molar-refractivity contribution in [2.24, 2.45) is 0 Å². The molecular weight excluding hydrogens is 269 g/mol. The Balaban J connectivity index is 2.32. The van der Waals surface area contributed by atoms with E-state index in [0.717, 1.165) is 5.69 Å². The van der Waals surface area contributed by atoms with E-state index in [1.807, 2.05) is 24.9 Å². The lowest BCUT2D eigenvalue weighted by Gasteiger charge is -2.28. The van der Waals surface area contributed by atoms with Crippen LogP contribution in [0.2, 0.25) is 0 Å². The summed E-state index contributed by atoms with van der Waals surface area (Å²) in [5, 5.41) is 9.06. The second-order valence-electron chi connectivity index (χ2n) is 5.11. The minimum Gasteiger partial charge on any atom is -0.478 e. The number of nitrogens with zero attached hydrogens (tertiary/aromatic N) is 1. The number of halogens is 1. The third-order valence-electron chi connectivity index (χ3n) is 3.78. The topological polar surface area (TPSA) is 40.5 Å². The first-order chi connectivity index (χ1) is 9.91. The van der Waals surface area contributed by atoms with Gasteiger partial charge < -0.3 is 10.0 Å². The highest BCUT2D eigenvalue weighted by molar-refractivity contribution is 5.89. The molecule has 21 heavy (non-hydrogen) atoms. The molecule has 0 aliphatic rings. The second-order valence-corrected chi connectivity index (χ2v) is 5.11. The van der Waals surface area contributed by atoms with Gasteiger partial charge in [0.2, 0.25) is 0 Å². The van der Waals surface area contributed by atoms with Crippen LogP contribution in [0.25, 0.3) is 0 Å². The molecule has 0 radical (unpaired) electrons. The third kappa shape index (κ3) is 3.05. The summed E-state index contributed by atoms with van der Waals surface area (Å²) >= 11 is 0. The number of rotatable bonds is 4. The average Bonchev–Trinajstić information content (AvgIpc) is 2.45. The molecule has 0 aromatic heterocycles. The summed E-state index contributed by atoms with van der Waals surface area (Å²) in [6.07, 6.45) is 0. The van der Waals surface area contributed by atoms with Crippen molar-refractivity contribution in [3.8, 4) is 0 Å². The molecule has 0 heterocycles. The Morgan fingerprint density at radius 1 is 1.24 bits per heavy atom. The molecule has 2 aromatic rings. The highest BCUT2D eigenvalue weighted by Crippen LogP contribution is 2.28. The molecule has 0 amide bonds. The van der Waals surface area contributed by atoms with Crippen molar-refractivity contribution in [3.05, 3.63) is 65.0 Å². The fourth-order valence-corrected chi connectivity index (χ4v) is 2.35. The van der Waals surface area contributed by atoms with Gasteiger partial charge in [0.25, 0.3) is 0 Å². The van der Waals surface area contributed by atoms with Gasteiger partial charge >= 0.3 is 5.97 Å². The molecule has 1 N–H and O–H groups in total. The zero-order chi connectivity index (χ0) is 15.6. The number of carbonyl (C=O) groups is 1. The van der Waals surface area contributed by atoms with Crippen molar-refractivity contribution >= 4 is 11.7 Å². The van der Waals surface area contributed by atoms with Crippen molar-refractivity contribution in [2.45, 2.75) is 19.9 Å². The zero-order valence-electron chi connectivity index (χ0n) is 12.3. The number of carboxylic acid groups (broad SMARTS) is 1. The maximum Gasteiger partial charge on any atom is 0.335 e. The van der Waals surface area contributed by atoms with Crippen LogP contribution >= 0.6 is 0 Å². The Hall–Kier alpha value is -2.36. The first kappa shape index (κ1) is 15.0. The lowest BCUT2D eigenvalue weighted by Crippen LogP contribution is -2.22. The van der Waals surface area contributed by atoms with Crippen molar-refractivity contribution in [1.29, 1.82) is 0 Å². The standard InChI is InChI=1S/C17H18FNO2/c1-11-10-13(8-9-14(11)17(20)21)19(3)12(2)15-6-4-5-7-16(15)18/h4-10,12H,1-3H3,(H,20,21). The molecule has 110 valence electrons. The van der Waals surface area contributed by atoms with Gasteiger partial charge in [-0.05, 0) is 43.7 Å². The first-order valence-electron chi connectivity index (χ1n) is 6.73. The SMILES string of the molecule is Cc1cc(N(C)C(C)c2ccccc2F)ccc1C(=O)O. The maximum absolute atomic E-state index is 13.9. The summed E-state index contributed by atoms with van der Waals surface area (Å²) < 4.78 is 13.9. The molecule has 1 unspecified atom stereocenters. The number of hydrogen-bond donors (Lipinski definition) is 1. The van der Waals surface area contributed by atoms with E-state index in [1.54, 1.807) is 37.3 Å². The van der Waals surface area contributed by atoms with E-state index in [-0.39, 0.29) is 17.4 Å². The van der Waals surface area contributed by atoms with Gasteiger partial charge in [0, 0.05) is 18.3 Å². The van der Waals surface area contributed by atoms with Gasteiger partial charge in [-0.25, -0.2) is 9.18 Å². The van der Waals surface area contributed by atoms with Crippen LogP contribution in [-0.2, 0) is 0 Å².